The van der Waals surface area contributed by atoms with E-state index in [1.54, 1.807) is 0 Å². The number of likely N-dealkylation sites (N-methyl/N-ethyl adjacent to an activating group) is 1. The molecule has 7 heteroatoms. The van der Waals surface area contributed by atoms with Crippen LogP contribution < -0.4 is 10.1 Å². The number of carbonyl (C=O) groups excluding carboxylic acids is 2. The van der Waals surface area contributed by atoms with Gasteiger partial charge in [-0.25, -0.2) is 0 Å². The molecule has 0 bridgehead atoms. The molecule has 32 heavy (non-hydrogen) atoms. The second-order valence-electron chi connectivity index (χ2n) is 8.25. The van der Waals surface area contributed by atoms with Crippen molar-refractivity contribution >= 4 is 11.8 Å². The molecule has 0 fully saturated rings. The second kappa shape index (κ2) is 11.6. The third-order valence-corrected chi connectivity index (χ3v) is 5.40. The summed E-state index contributed by atoms with van der Waals surface area (Å²) in [5, 5.41) is 2.91. The van der Waals surface area contributed by atoms with Crippen LogP contribution in [0.3, 0.4) is 0 Å². The zero-order valence-corrected chi connectivity index (χ0v) is 19.1. The maximum atomic E-state index is 13.9. The highest BCUT2D eigenvalue weighted by Crippen LogP contribution is 2.26. The van der Waals surface area contributed by atoms with Crippen molar-refractivity contribution in [1.82, 2.24) is 15.1 Å². The van der Waals surface area contributed by atoms with Gasteiger partial charge in [0, 0.05) is 31.7 Å². The normalized spacial score (nSPS) is 16.6. The Morgan fingerprint density at radius 1 is 1.16 bits per heavy atom. The Morgan fingerprint density at radius 3 is 2.59 bits per heavy atom. The highest BCUT2D eigenvalue weighted by Gasteiger charge is 2.34. The Labute approximate surface area is 190 Å². The molecule has 3 rings (SSSR count). The highest BCUT2D eigenvalue weighted by molar-refractivity contribution is 5.88. The summed E-state index contributed by atoms with van der Waals surface area (Å²) in [6, 6.07) is 16.7. The molecule has 2 aromatic rings. The standard InChI is InChI=1S/C25H33N3O4/c1-4-31-18-24(29)26-22(14-19-10-6-5-7-11-19)25(30)28-15-20-12-8-9-13-23(20)32-17-21(28)16-27(2)3/h5-13,21-22H,4,14-18H2,1-3H3,(H,26,29). The maximum Gasteiger partial charge on any atom is 0.246 e. The van der Waals surface area contributed by atoms with Gasteiger partial charge in [0.1, 0.15) is 25.0 Å². The highest BCUT2D eigenvalue weighted by atomic mass is 16.5. The number of hydrogen-bond donors (Lipinski definition) is 1. The van der Waals surface area contributed by atoms with Crippen molar-refractivity contribution in [1.29, 1.82) is 0 Å². The van der Waals surface area contributed by atoms with E-state index >= 15 is 0 Å². The fourth-order valence-corrected chi connectivity index (χ4v) is 3.88. The first-order valence-electron chi connectivity index (χ1n) is 11.0. The van der Waals surface area contributed by atoms with Crippen molar-refractivity contribution in [3.05, 3.63) is 65.7 Å². The van der Waals surface area contributed by atoms with E-state index in [9.17, 15) is 9.59 Å². The third-order valence-electron chi connectivity index (χ3n) is 5.40. The lowest BCUT2D eigenvalue weighted by atomic mass is 10.0. The van der Waals surface area contributed by atoms with Crippen molar-refractivity contribution in [2.75, 3.05) is 40.5 Å². The van der Waals surface area contributed by atoms with Crippen molar-refractivity contribution in [2.45, 2.75) is 32.0 Å². The number of para-hydroxylation sites is 1. The molecule has 1 heterocycles. The van der Waals surface area contributed by atoms with Crippen LogP contribution in [0.5, 0.6) is 5.75 Å². The van der Waals surface area contributed by atoms with Gasteiger partial charge in [0.15, 0.2) is 0 Å². The first-order valence-corrected chi connectivity index (χ1v) is 11.0. The van der Waals surface area contributed by atoms with Crippen LogP contribution in [0, 0.1) is 0 Å². The molecular weight excluding hydrogens is 406 g/mol. The first-order chi connectivity index (χ1) is 15.5. The van der Waals surface area contributed by atoms with Crippen LogP contribution in [0.15, 0.2) is 54.6 Å². The molecule has 0 aliphatic carbocycles. The van der Waals surface area contributed by atoms with Crippen LogP contribution in [0.2, 0.25) is 0 Å². The largest absolute Gasteiger partial charge is 0.491 e. The minimum absolute atomic E-state index is 0.0673. The molecule has 2 atom stereocenters. The number of ether oxygens (including phenoxy) is 2. The van der Waals surface area contributed by atoms with E-state index in [1.807, 2.05) is 85.4 Å². The molecule has 1 aliphatic heterocycles. The molecule has 1 aliphatic rings. The zero-order chi connectivity index (χ0) is 22.9. The maximum absolute atomic E-state index is 13.9. The van der Waals surface area contributed by atoms with Gasteiger partial charge in [-0.2, -0.15) is 0 Å². The predicted molar refractivity (Wildman–Crippen MR) is 123 cm³/mol. The van der Waals surface area contributed by atoms with Crippen LogP contribution in [-0.2, 0) is 27.3 Å². The number of amides is 2. The molecule has 0 aromatic heterocycles. The second-order valence-corrected chi connectivity index (χ2v) is 8.25. The van der Waals surface area contributed by atoms with E-state index < -0.39 is 6.04 Å². The van der Waals surface area contributed by atoms with E-state index in [0.29, 0.717) is 32.7 Å². The van der Waals surface area contributed by atoms with Gasteiger partial charge in [0.05, 0.1) is 6.04 Å². The SMILES string of the molecule is CCOCC(=O)NC(Cc1ccccc1)C(=O)N1Cc2ccccc2OCC1CN(C)C. The number of rotatable bonds is 9. The summed E-state index contributed by atoms with van der Waals surface area (Å²) < 4.78 is 11.3. The summed E-state index contributed by atoms with van der Waals surface area (Å²) in [7, 11) is 3.96. The Morgan fingerprint density at radius 2 is 1.88 bits per heavy atom. The molecule has 0 spiro atoms. The number of nitrogens with zero attached hydrogens (tertiary/aromatic N) is 2. The van der Waals surface area contributed by atoms with Crippen LogP contribution in [-0.4, -0.2) is 74.2 Å². The van der Waals surface area contributed by atoms with E-state index in [0.717, 1.165) is 16.9 Å². The van der Waals surface area contributed by atoms with Crippen molar-refractivity contribution in [2.24, 2.45) is 0 Å². The molecule has 0 radical (unpaired) electrons. The molecule has 2 aromatic carbocycles. The zero-order valence-electron chi connectivity index (χ0n) is 19.1. The molecular formula is C25H33N3O4. The topological polar surface area (TPSA) is 71.1 Å². The van der Waals surface area contributed by atoms with Gasteiger partial charge >= 0.3 is 0 Å². The molecule has 7 nitrogen and oxygen atoms in total. The Hall–Kier alpha value is -2.90. The first kappa shape index (κ1) is 23.8. The summed E-state index contributed by atoms with van der Waals surface area (Å²) in [6.45, 7) is 3.69. The molecule has 1 N–H and O–H groups in total. The predicted octanol–water partition coefficient (Wildman–Crippen LogP) is 2.10. The number of hydrogen-bond acceptors (Lipinski definition) is 5. The van der Waals surface area contributed by atoms with Gasteiger partial charge in [0.2, 0.25) is 11.8 Å². The summed E-state index contributed by atoms with van der Waals surface area (Å²) in [4.78, 5) is 30.2. The lowest BCUT2D eigenvalue weighted by Gasteiger charge is -2.34. The third kappa shape index (κ3) is 6.55. The molecule has 0 saturated heterocycles. The van der Waals surface area contributed by atoms with E-state index in [2.05, 4.69) is 5.32 Å². The molecule has 2 unspecified atom stereocenters. The van der Waals surface area contributed by atoms with E-state index in [4.69, 9.17) is 9.47 Å². The van der Waals surface area contributed by atoms with E-state index in [-0.39, 0.29) is 24.5 Å². The number of benzene rings is 2. The minimum Gasteiger partial charge on any atom is -0.491 e. The van der Waals surface area contributed by atoms with Crippen molar-refractivity contribution < 1.29 is 19.1 Å². The summed E-state index contributed by atoms with van der Waals surface area (Å²) in [5.74, 6) is 0.383. The van der Waals surface area contributed by atoms with Crippen LogP contribution in [0.1, 0.15) is 18.1 Å². The average molecular weight is 440 g/mol. The minimum atomic E-state index is -0.694. The van der Waals surface area contributed by atoms with E-state index in [1.165, 1.54) is 0 Å². The quantitative estimate of drug-likeness (QED) is 0.648. The lowest BCUT2D eigenvalue weighted by Crippen LogP contribution is -2.55. The van der Waals surface area contributed by atoms with Crippen LogP contribution in [0.4, 0.5) is 0 Å². The number of nitrogens with one attached hydrogen (secondary N) is 1. The molecule has 172 valence electrons. The van der Waals surface area contributed by atoms with Gasteiger partial charge in [-0.1, -0.05) is 48.5 Å². The monoisotopic (exact) mass is 439 g/mol. The average Bonchev–Trinajstić information content (AvgIpc) is 2.97. The van der Waals surface area contributed by atoms with Crippen LogP contribution >= 0.6 is 0 Å². The van der Waals surface area contributed by atoms with Gasteiger partial charge < -0.3 is 24.6 Å². The summed E-state index contributed by atoms with van der Waals surface area (Å²) in [6.07, 6.45) is 0.408. The summed E-state index contributed by atoms with van der Waals surface area (Å²) >= 11 is 0. The molecule has 2 amide bonds. The number of fused-ring (bicyclic) bond motifs is 1. The van der Waals surface area contributed by atoms with Crippen molar-refractivity contribution in [3.8, 4) is 5.75 Å². The number of carbonyl (C=O) groups is 2. The Bertz CT molecular complexity index is 888. The fraction of sp³-hybridized carbons (Fsp3) is 0.440. The van der Waals surface area contributed by atoms with Gasteiger partial charge in [0.25, 0.3) is 0 Å². The van der Waals surface area contributed by atoms with Gasteiger partial charge in [-0.3, -0.25) is 9.59 Å². The molecule has 0 saturated carbocycles. The fourth-order valence-electron chi connectivity index (χ4n) is 3.88. The van der Waals surface area contributed by atoms with Gasteiger partial charge in [-0.15, -0.1) is 0 Å². The summed E-state index contributed by atoms with van der Waals surface area (Å²) in [5.41, 5.74) is 1.94. The van der Waals surface area contributed by atoms with Crippen LogP contribution in [0.25, 0.3) is 0 Å². The smallest absolute Gasteiger partial charge is 0.246 e. The van der Waals surface area contributed by atoms with Gasteiger partial charge in [-0.05, 0) is 32.6 Å². The lowest BCUT2D eigenvalue weighted by molar-refractivity contribution is -0.140. The van der Waals surface area contributed by atoms with Crippen molar-refractivity contribution in [3.63, 3.8) is 0 Å². The Balaban J connectivity index is 1.88. The Kier molecular flexibility index (Phi) is 8.64.